The second-order valence-electron chi connectivity index (χ2n) is 6.34. The lowest BCUT2D eigenvalue weighted by atomic mass is 10.1. The van der Waals surface area contributed by atoms with Gasteiger partial charge >= 0.3 is 0 Å². The average molecular weight is 345 g/mol. The number of anilines is 1. The molecule has 0 saturated heterocycles. The molecule has 0 heterocycles. The molecule has 0 spiro atoms. The summed E-state index contributed by atoms with van der Waals surface area (Å²) in [6.45, 7) is 2.87. The van der Waals surface area contributed by atoms with Crippen molar-refractivity contribution in [3.63, 3.8) is 0 Å². The maximum Gasteiger partial charge on any atom is 0.227 e. The standard InChI is InChI=1S/C20H24N2O.ClH/c1-2-15-3-5-17(6-4-15)14-22(19-11-12-19)20(23)13-16-7-9-18(21)10-8-16;/h3-10,19H,2,11-14,21H2,1H3;1H. The van der Waals surface area contributed by atoms with Gasteiger partial charge < -0.3 is 10.6 Å². The first-order valence-corrected chi connectivity index (χ1v) is 8.37. The van der Waals surface area contributed by atoms with Gasteiger partial charge in [-0.2, -0.15) is 0 Å². The highest BCUT2D eigenvalue weighted by atomic mass is 35.5. The third-order valence-corrected chi connectivity index (χ3v) is 4.43. The van der Waals surface area contributed by atoms with Gasteiger partial charge in [0, 0.05) is 18.3 Å². The van der Waals surface area contributed by atoms with E-state index in [0.29, 0.717) is 19.0 Å². The summed E-state index contributed by atoms with van der Waals surface area (Å²) in [5.41, 5.74) is 10.0. The smallest absolute Gasteiger partial charge is 0.227 e. The average Bonchev–Trinajstić information content (AvgIpc) is 3.40. The normalized spacial score (nSPS) is 13.2. The van der Waals surface area contributed by atoms with Gasteiger partial charge in [0.05, 0.1) is 6.42 Å². The largest absolute Gasteiger partial charge is 0.399 e. The molecule has 3 nitrogen and oxygen atoms in total. The van der Waals surface area contributed by atoms with Crippen molar-refractivity contribution in [2.75, 3.05) is 5.73 Å². The van der Waals surface area contributed by atoms with Crippen molar-refractivity contribution in [1.29, 1.82) is 0 Å². The minimum absolute atomic E-state index is 0. The topological polar surface area (TPSA) is 46.3 Å². The molecule has 2 aromatic rings. The fourth-order valence-electron chi connectivity index (χ4n) is 2.80. The van der Waals surface area contributed by atoms with Gasteiger partial charge in [0.1, 0.15) is 0 Å². The van der Waals surface area contributed by atoms with E-state index in [0.717, 1.165) is 30.5 Å². The molecule has 0 radical (unpaired) electrons. The Hall–Kier alpha value is -2.00. The van der Waals surface area contributed by atoms with Crippen LogP contribution in [0.25, 0.3) is 0 Å². The number of nitrogens with zero attached hydrogens (tertiary/aromatic N) is 1. The van der Waals surface area contributed by atoms with Gasteiger partial charge in [0.15, 0.2) is 0 Å². The highest BCUT2D eigenvalue weighted by Gasteiger charge is 2.32. The summed E-state index contributed by atoms with van der Waals surface area (Å²) in [6.07, 6.45) is 3.74. The quantitative estimate of drug-likeness (QED) is 0.805. The number of carbonyl (C=O) groups excluding carboxylic acids is 1. The first-order valence-electron chi connectivity index (χ1n) is 8.37. The summed E-state index contributed by atoms with van der Waals surface area (Å²) < 4.78 is 0. The highest BCUT2D eigenvalue weighted by Crippen LogP contribution is 2.29. The lowest BCUT2D eigenvalue weighted by Gasteiger charge is -2.23. The Balaban J connectivity index is 0.00000208. The maximum absolute atomic E-state index is 12.7. The molecule has 3 rings (SSSR count). The number of benzene rings is 2. The summed E-state index contributed by atoms with van der Waals surface area (Å²) >= 11 is 0. The lowest BCUT2D eigenvalue weighted by Crippen LogP contribution is -2.33. The minimum atomic E-state index is 0. The first-order chi connectivity index (χ1) is 11.2. The molecule has 0 bridgehead atoms. The van der Waals surface area contributed by atoms with Gasteiger partial charge in [0.2, 0.25) is 5.91 Å². The van der Waals surface area contributed by atoms with E-state index in [-0.39, 0.29) is 18.3 Å². The monoisotopic (exact) mass is 344 g/mol. The van der Waals surface area contributed by atoms with Crippen molar-refractivity contribution in [3.8, 4) is 0 Å². The Kier molecular flexibility index (Phi) is 6.27. The molecule has 24 heavy (non-hydrogen) atoms. The van der Waals surface area contributed by atoms with Crippen LogP contribution in [0, 0.1) is 0 Å². The predicted octanol–water partition coefficient (Wildman–Crippen LogP) is 3.99. The van der Waals surface area contributed by atoms with Crippen molar-refractivity contribution in [1.82, 2.24) is 4.90 Å². The summed E-state index contributed by atoms with van der Waals surface area (Å²) in [4.78, 5) is 14.7. The number of halogens is 1. The molecule has 0 atom stereocenters. The number of hydrogen-bond acceptors (Lipinski definition) is 2. The Labute approximate surface area is 150 Å². The van der Waals surface area contributed by atoms with Crippen LogP contribution < -0.4 is 5.73 Å². The SMILES string of the molecule is CCc1ccc(CN(C(=O)Cc2ccc(N)cc2)C2CC2)cc1.Cl. The molecule has 4 heteroatoms. The molecule has 2 N–H and O–H groups in total. The van der Waals surface area contributed by atoms with Gasteiger partial charge in [0.25, 0.3) is 0 Å². The van der Waals surface area contributed by atoms with Crippen molar-refractivity contribution in [2.24, 2.45) is 0 Å². The van der Waals surface area contributed by atoms with Crippen LogP contribution in [0.5, 0.6) is 0 Å². The van der Waals surface area contributed by atoms with E-state index in [2.05, 4.69) is 31.2 Å². The fraction of sp³-hybridized carbons (Fsp3) is 0.350. The van der Waals surface area contributed by atoms with Crippen LogP contribution >= 0.6 is 12.4 Å². The van der Waals surface area contributed by atoms with E-state index in [1.54, 1.807) is 0 Å². The molecule has 1 aliphatic rings. The summed E-state index contributed by atoms with van der Waals surface area (Å²) in [7, 11) is 0. The second-order valence-corrected chi connectivity index (χ2v) is 6.34. The Bertz CT molecular complexity index is 663. The van der Waals surface area contributed by atoms with E-state index in [4.69, 9.17) is 5.73 Å². The Morgan fingerprint density at radius 2 is 1.54 bits per heavy atom. The zero-order chi connectivity index (χ0) is 16.2. The van der Waals surface area contributed by atoms with E-state index in [1.165, 1.54) is 11.1 Å². The molecule has 0 aliphatic heterocycles. The number of hydrogen-bond donors (Lipinski definition) is 1. The van der Waals surface area contributed by atoms with Crippen LogP contribution in [0.4, 0.5) is 5.69 Å². The van der Waals surface area contributed by atoms with Gasteiger partial charge in [-0.3, -0.25) is 4.79 Å². The summed E-state index contributed by atoms with van der Waals surface area (Å²) in [5.74, 6) is 0.205. The van der Waals surface area contributed by atoms with Crippen LogP contribution in [0.15, 0.2) is 48.5 Å². The number of nitrogen functional groups attached to an aromatic ring is 1. The number of amides is 1. The molecular formula is C20H25ClN2O. The fourth-order valence-corrected chi connectivity index (χ4v) is 2.80. The maximum atomic E-state index is 12.7. The van der Waals surface area contributed by atoms with Crippen LogP contribution in [0.1, 0.15) is 36.5 Å². The lowest BCUT2D eigenvalue weighted by molar-refractivity contribution is -0.131. The molecule has 1 aliphatic carbocycles. The number of nitrogens with two attached hydrogens (primary N) is 1. The molecule has 1 saturated carbocycles. The summed E-state index contributed by atoms with van der Waals surface area (Å²) in [5, 5.41) is 0. The van der Waals surface area contributed by atoms with Crippen molar-refractivity contribution >= 4 is 24.0 Å². The minimum Gasteiger partial charge on any atom is -0.399 e. The van der Waals surface area contributed by atoms with E-state index < -0.39 is 0 Å². The van der Waals surface area contributed by atoms with Crippen molar-refractivity contribution in [3.05, 3.63) is 65.2 Å². The first kappa shape index (κ1) is 18.3. The molecule has 0 aromatic heterocycles. The van der Waals surface area contributed by atoms with Gasteiger partial charge in [-0.1, -0.05) is 43.3 Å². The summed E-state index contributed by atoms with van der Waals surface area (Å²) in [6, 6.07) is 16.6. The third-order valence-electron chi connectivity index (χ3n) is 4.43. The van der Waals surface area contributed by atoms with E-state index >= 15 is 0 Å². The molecule has 1 fully saturated rings. The number of aryl methyl sites for hydroxylation is 1. The molecule has 128 valence electrons. The zero-order valence-corrected chi connectivity index (χ0v) is 14.9. The molecular weight excluding hydrogens is 320 g/mol. The second kappa shape index (κ2) is 8.20. The van der Waals surface area contributed by atoms with Crippen LogP contribution in [-0.2, 0) is 24.2 Å². The third kappa shape index (κ3) is 4.75. The highest BCUT2D eigenvalue weighted by molar-refractivity contribution is 5.85. The number of carbonyl (C=O) groups is 1. The molecule has 0 unspecified atom stereocenters. The Morgan fingerprint density at radius 1 is 1.00 bits per heavy atom. The van der Waals surface area contributed by atoms with E-state index in [9.17, 15) is 4.79 Å². The van der Waals surface area contributed by atoms with Crippen LogP contribution in [-0.4, -0.2) is 16.8 Å². The zero-order valence-electron chi connectivity index (χ0n) is 14.1. The van der Waals surface area contributed by atoms with Crippen LogP contribution in [0.3, 0.4) is 0 Å². The molecule has 1 amide bonds. The van der Waals surface area contributed by atoms with Gasteiger partial charge in [-0.15, -0.1) is 12.4 Å². The molecule has 2 aromatic carbocycles. The van der Waals surface area contributed by atoms with Crippen molar-refractivity contribution in [2.45, 2.75) is 45.2 Å². The van der Waals surface area contributed by atoms with Crippen LogP contribution in [0.2, 0.25) is 0 Å². The number of rotatable bonds is 6. The van der Waals surface area contributed by atoms with Crippen molar-refractivity contribution < 1.29 is 4.79 Å². The predicted molar refractivity (Wildman–Crippen MR) is 101 cm³/mol. The van der Waals surface area contributed by atoms with Gasteiger partial charge in [-0.25, -0.2) is 0 Å². The van der Waals surface area contributed by atoms with Gasteiger partial charge in [-0.05, 0) is 48.1 Å². The van der Waals surface area contributed by atoms with E-state index in [1.807, 2.05) is 29.2 Å². The Morgan fingerprint density at radius 3 is 2.08 bits per heavy atom.